The van der Waals surface area contributed by atoms with Gasteiger partial charge in [-0.15, -0.1) is 23.7 Å². The van der Waals surface area contributed by atoms with Crippen molar-refractivity contribution in [2.75, 3.05) is 39.5 Å². The first-order valence-corrected chi connectivity index (χ1v) is 10.2. The van der Waals surface area contributed by atoms with Crippen molar-refractivity contribution in [2.24, 2.45) is 0 Å². The molecular formula is C14H23ClN2O6S2. The lowest BCUT2D eigenvalue weighted by Crippen LogP contribution is -2.54. The van der Waals surface area contributed by atoms with Gasteiger partial charge in [0.1, 0.15) is 16.4 Å². The Hall–Kier alpha value is -0.300. The van der Waals surface area contributed by atoms with Crippen LogP contribution in [0, 0.1) is 0 Å². The van der Waals surface area contributed by atoms with Crippen LogP contribution in [0.15, 0.2) is 21.7 Å². The zero-order chi connectivity index (χ0) is 17.2. The van der Waals surface area contributed by atoms with Gasteiger partial charge < -0.3 is 19.7 Å². The normalized spacial score (nSPS) is 31.0. The molecule has 0 radical (unpaired) electrons. The smallest absolute Gasteiger partial charge is 0.250 e. The number of halogens is 1. The molecule has 144 valence electrons. The molecule has 1 aromatic heterocycles. The number of sulfonamides is 1. The third kappa shape index (κ3) is 4.71. The number of nitrogens with zero attached hydrogens (tertiary/aromatic N) is 1. The van der Waals surface area contributed by atoms with Crippen LogP contribution in [0.3, 0.4) is 0 Å². The predicted octanol–water partition coefficient (Wildman–Crippen LogP) is -0.730. The molecule has 1 aromatic rings. The average molecular weight is 415 g/mol. The molecule has 0 bridgehead atoms. The van der Waals surface area contributed by atoms with Crippen LogP contribution < -0.4 is 4.72 Å². The van der Waals surface area contributed by atoms with Crippen molar-refractivity contribution in [1.82, 2.24) is 9.62 Å². The highest BCUT2D eigenvalue weighted by atomic mass is 35.5. The summed E-state index contributed by atoms with van der Waals surface area (Å²) in [5.41, 5.74) is 0. The van der Waals surface area contributed by atoms with E-state index in [1.165, 1.54) is 6.07 Å². The Bertz CT molecular complexity index is 623. The molecule has 3 N–H and O–H groups in total. The van der Waals surface area contributed by atoms with E-state index in [1.54, 1.807) is 11.4 Å². The minimum atomic E-state index is -3.60. The van der Waals surface area contributed by atoms with Gasteiger partial charge in [-0.05, 0) is 11.4 Å². The molecular weight excluding hydrogens is 392 g/mol. The predicted molar refractivity (Wildman–Crippen MR) is 94.7 cm³/mol. The van der Waals surface area contributed by atoms with Gasteiger partial charge in [-0.1, -0.05) is 6.07 Å². The zero-order valence-electron chi connectivity index (χ0n) is 13.5. The van der Waals surface area contributed by atoms with Crippen molar-refractivity contribution < 1.29 is 28.1 Å². The fourth-order valence-electron chi connectivity index (χ4n) is 3.15. The van der Waals surface area contributed by atoms with E-state index in [4.69, 9.17) is 9.47 Å². The summed E-state index contributed by atoms with van der Waals surface area (Å²) in [5, 5.41) is 21.5. The summed E-state index contributed by atoms with van der Waals surface area (Å²) in [6, 6.07) is 2.83. The van der Waals surface area contributed by atoms with Crippen LogP contribution >= 0.6 is 23.7 Å². The van der Waals surface area contributed by atoms with Gasteiger partial charge in [-0.3, -0.25) is 4.90 Å². The highest BCUT2D eigenvalue weighted by Gasteiger charge is 2.46. The molecule has 2 saturated heterocycles. The summed E-state index contributed by atoms with van der Waals surface area (Å²) in [7, 11) is -3.60. The van der Waals surface area contributed by atoms with Gasteiger partial charge in [0, 0.05) is 19.6 Å². The second-order valence-electron chi connectivity index (χ2n) is 5.81. The summed E-state index contributed by atoms with van der Waals surface area (Å²) in [4.78, 5) is 2.04. The lowest BCUT2D eigenvalue weighted by molar-refractivity contribution is -0.0207. The summed E-state index contributed by atoms with van der Waals surface area (Å²) in [6.45, 7) is 2.11. The molecule has 4 atom stereocenters. The third-order valence-corrected chi connectivity index (χ3v) is 7.16. The number of hydrogen-bond acceptors (Lipinski definition) is 8. The second-order valence-corrected chi connectivity index (χ2v) is 8.75. The van der Waals surface area contributed by atoms with E-state index in [9.17, 15) is 18.6 Å². The maximum Gasteiger partial charge on any atom is 0.250 e. The Morgan fingerprint density at radius 1 is 1.32 bits per heavy atom. The Morgan fingerprint density at radius 3 is 2.64 bits per heavy atom. The largest absolute Gasteiger partial charge is 0.394 e. The summed E-state index contributed by atoms with van der Waals surface area (Å²) in [5.74, 6) is 0. The molecule has 2 fully saturated rings. The lowest BCUT2D eigenvalue weighted by Gasteiger charge is -2.36. The Morgan fingerprint density at radius 2 is 2.04 bits per heavy atom. The molecule has 0 aliphatic carbocycles. The number of morpholine rings is 1. The highest BCUT2D eigenvalue weighted by molar-refractivity contribution is 7.91. The summed E-state index contributed by atoms with van der Waals surface area (Å²) >= 11 is 1.14. The van der Waals surface area contributed by atoms with Gasteiger partial charge in [-0.2, -0.15) is 0 Å². The molecule has 11 heteroatoms. The van der Waals surface area contributed by atoms with E-state index in [1.807, 2.05) is 4.90 Å². The van der Waals surface area contributed by atoms with Crippen molar-refractivity contribution in [1.29, 1.82) is 0 Å². The van der Waals surface area contributed by atoms with Gasteiger partial charge in [0.15, 0.2) is 0 Å². The van der Waals surface area contributed by atoms with Crippen LogP contribution in [0.25, 0.3) is 0 Å². The molecule has 2 aliphatic rings. The maximum absolute atomic E-state index is 12.3. The van der Waals surface area contributed by atoms with Crippen LogP contribution in [0.2, 0.25) is 0 Å². The van der Waals surface area contributed by atoms with Crippen molar-refractivity contribution >= 4 is 33.8 Å². The van der Waals surface area contributed by atoms with Crippen LogP contribution in [-0.4, -0.2) is 87.3 Å². The molecule has 2 aliphatic heterocycles. The fraction of sp³-hybridized carbons (Fsp3) is 0.714. The van der Waals surface area contributed by atoms with E-state index in [0.717, 1.165) is 11.3 Å². The first-order valence-electron chi connectivity index (χ1n) is 7.82. The standard InChI is InChI=1S/C14H22N2O6S2.ClH/c17-9-11-14(18)13(16-3-5-21-6-4-16)10(22-11)8-15-24(19,20)12-2-1-7-23-12;/h1-2,7,10-11,13-15,17-18H,3-6,8-9H2;1H/t10-,11+,13+,14-;/m1./s1. The van der Waals surface area contributed by atoms with E-state index in [-0.39, 0.29) is 35.8 Å². The van der Waals surface area contributed by atoms with Gasteiger partial charge in [0.05, 0.1) is 32.0 Å². The number of aliphatic hydroxyl groups is 2. The molecule has 25 heavy (non-hydrogen) atoms. The van der Waals surface area contributed by atoms with E-state index in [2.05, 4.69) is 4.72 Å². The van der Waals surface area contributed by atoms with Crippen LogP contribution in [0.1, 0.15) is 0 Å². The van der Waals surface area contributed by atoms with E-state index >= 15 is 0 Å². The molecule has 8 nitrogen and oxygen atoms in total. The monoisotopic (exact) mass is 414 g/mol. The summed E-state index contributed by atoms with van der Waals surface area (Å²) in [6.07, 6.45) is -2.12. The van der Waals surface area contributed by atoms with Gasteiger partial charge in [0.2, 0.25) is 10.0 Å². The van der Waals surface area contributed by atoms with Crippen molar-refractivity contribution in [2.45, 2.75) is 28.6 Å². The number of rotatable bonds is 6. The zero-order valence-corrected chi connectivity index (χ0v) is 15.9. The number of hydrogen-bond donors (Lipinski definition) is 3. The first-order chi connectivity index (χ1) is 11.5. The molecule has 0 aromatic carbocycles. The highest BCUT2D eigenvalue weighted by Crippen LogP contribution is 2.27. The molecule has 0 amide bonds. The van der Waals surface area contributed by atoms with Crippen LogP contribution in [0.4, 0.5) is 0 Å². The van der Waals surface area contributed by atoms with Crippen molar-refractivity contribution in [3.63, 3.8) is 0 Å². The third-order valence-electron chi connectivity index (χ3n) is 4.34. The minimum absolute atomic E-state index is 0. The second kappa shape index (κ2) is 9.07. The SMILES string of the molecule is Cl.O=S(=O)(NC[C@H]1O[C@@H](CO)[C@@H](O)[C@H]1N1CCOCC1)c1cccs1. The van der Waals surface area contributed by atoms with Crippen molar-refractivity contribution in [3.8, 4) is 0 Å². The molecule has 0 unspecified atom stereocenters. The topological polar surface area (TPSA) is 108 Å². The first kappa shape index (κ1) is 21.0. The molecule has 0 spiro atoms. The van der Waals surface area contributed by atoms with Gasteiger partial charge in [0.25, 0.3) is 0 Å². The number of aliphatic hydroxyl groups excluding tert-OH is 2. The number of ether oxygens (including phenoxy) is 2. The quantitative estimate of drug-likeness (QED) is 0.563. The molecule has 3 heterocycles. The minimum Gasteiger partial charge on any atom is -0.394 e. The van der Waals surface area contributed by atoms with Gasteiger partial charge in [-0.25, -0.2) is 13.1 Å². The van der Waals surface area contributed by atoms with Crippen LogP contribution in [0.5, 0.6) is 0 Å². The number of nitrogens with one attached hydrogen (secondary N) is 1. The van der Waals surface area contributed by atoms with Crippen molar-refractivity contribution in [3.05, 3.63) is 17.5 Å². The Balaban J connectivity index is 0.00000225. The Kier molecular flexibility index (Phi) is 7.62. The van der Waals surface area contributed by atoms with Crippen LogP contribution in [-0.2, 0) is 19.5 Å². The lowest BCUT2D eigenvalue weighted by atomic mass is 10.0. The van der Waals surface area contributed by atoms with E-state index in [0.29, 0.717) is 26.3 Å². The number of thiophene rings is 1. The van der Waals surface area contributed by atoms with Gasteiger partial charge >= 0.3 is 0 Å². The maximum atomic E-state index is 12.3. The molecule has 0 saturated carbocycles. The Labute approximate surface area is 157 Å². The molecule has 3 rings (SSSR count). The van der Waals surface area contributed by atoms with E-state index < -0.39 is 28.3 Å². The fourth-order valence-corrected chi connectivity index (χ4v) is 5.23. The average Bonchev–Trinajstić information content (AvgIpc) is 3.22. The summed E-state index contributed by atoms with van der Waals surface area (Å²) < 4.78 is 38.3.